The number of H-pyrrole nitrogens is 1. The molecule has 0 aliphatic rings. The molecule has 0 saturated carbocycles. The molecule has 0 atom stereocenters. The minimum atomic E-state index is -3.21. The van der Waals surface area contributed by atoms with Gasteiger partial charge in [-0.05, 0) is 61.2 Å². The highest BCUT2D eigenvalue weighted by molar-refractivity contribution is 14.0. The first kappa shape index (κ1) is 25.5. The Labute approximate surface area is 205 Å². The van der Waals surface area contributed by atoms with Crippen molar-refractivity contribution < 1.29 is 8.42 Å². The van der Waals surface area contributed by atoms with E-state index in [1.807, 2.05) is 43.5 Å². The lowest BCUT2D eigenvalue weighted by atomic mass is 10.1. The summed E-state index contributed by atoms with van der Waals surface area (Å²) in [6, 6.07) is 11.2. The first-order valence-corrected chi connectivity index (χ1v) is 12.1. The summed E-state index contributed by atoms with van der Waals surface area (Å²) < 4.78 is 23.6. The van der Waals surface area contributed by atoms with E-state index in [0.29, 0.717) is 11.4 Å². The molecule has 0 spiro atoms. The standard InChI is InChI=1S/C22H27ClN4O2S.HI/c1-4-24-22(27-13-16-5-8-21(15(2)11-16)30(3,28)29)25-10-9-17-14-26-20-7-6-18(23)12-19(17)20;/h5-8,11-12,14,26H,4,9-10,13H2,1-3H3,(H2,24,25,27);1H. The molecule has 9 heteroatoms. The number of aromatic nitrogens is 1. The quantitative estimate of drug-likeness (QED) is 0.221. The number of fused-ring (bicyclic) bond motifs is 1. The Kier molecular flexibility index (Phi) is 9.20. The van der Waals surface area contributed by atoms with E-state index in [1.54, 1.807) is 13.0 Å². The molecular weight excluding hydrogens is 547 g/mol. The Morgan fingerprint density at radius 1 is 1.16 bits per heavy atom. The highest BCUT2D eigenvalue weighted by Gasteiger charge is 2.11. The SMILES string of the molecule is CCNC(=NCc1ccc(S(C)(=O)=O)c(C)c1)NCCc1c[nH]c2ccc(Cl)cc12.I. The highest BCUT2D eigenvalue weighted by Crippen LogP contribution is 2.22. The van der Waals surface area contributed by atoms with Crippen molar-refractivity contribution in [1.29, 1.82) is 0 Å². The van der Waals surface area contributed by atoms with Gasteiger partial charge in [-0.2, -0.15) is 0 Å². The number of hydrogen-bond acceptors (Lipinski definition) is 3. The number of benzene rings is 2. The van der Waals surface area contributed by atoms with Crippen molar-refractivity contribution in [3.63, 3.8) is 0 Å². The van der Waals surface area contributed by atoms with Crippen LogP contribution in [0.5, 0.6) is 0 Å². The predicted octanol–water partition coefficient (Wildman–Crippen LogP) is 4.45. The predicted molar refractivity (Wildman–Crippen MR) is 140 cm³/mol. The first-order chi connectivity index (χ1) is 14.3. The molecule has 0 fully saturated rings. The van der Waals surface area contributed by atoms with Crippen LogP contribution in [0.15, 0.2) is 52.5 Å². The number of nitrogens with one attached hydrogen (secondary N) is 3. The van der Waals surface area contributed by atoms with Crippen LogP contribution in [0.2, 0.25) is 5.02 Å². The zero-order chi connectivity index (χ0) is 21.7. The molecule has 1 aromatic heterocycles. The van der Waals surface area contributed by atoms with Crippen LogP contribution in [-0.4, -0.2) is 38.7 Å². The average molecular weight is 575 g/mol. The number of nitrogens with zero attached hydrogens (tertiary/aromatic N) is 1. The fourth-order valence-electron chi connectivity index (χ4n) is 3.41. The molecule has 31 heavy (non-hydrogen) atoms. The Balaban J connectivity index is 0.00000341. The molecule has 3 rings (SSSR count). The van der Waals surface area contributed by atoms with Gasteiger partial charge < -0.3 is 15.6 Å². The molecule has 3 aromatic rings. The molecule has 1 heterocycles. The summed E-state index contributed by atoms with van der Waals surface area (Å²) >= 11 is 6.13. The zero-order valence-corrected chi connectivity index (χ0v) is 21.7. The molecule has 3 N–H and O–H groups in total. The van der Waals surface area contributed by atoms with Crippen LogP contribution in [-0.2, 0) is 22.8 Å². The van der Waals surface area contributed by atoms with Crippen molar-refractivity contribution in [3.8, 4) is 0 Å². The summed E-state index contributed by atoms with van der Waals surface area (Å²) in [4.78, 5) is 8.26. The molecule has 168 valence electrons. The number of halogens is 2. The smallest absolute Gasteiger partial charge is 0.191 e. The Morgan fingerprint density at radius 3 is 2.61 bits per heavy atom. The van der Waals surface area contributed by atoms with Gasteiger partial charge >= 0.3 is 0 Å². The molecule has 0 radical (unpaired) electrons. The van der Waals surface area contributed by atoms with Crippen molar-refractivity contribution in [2.75, 3.05) is 19.3 Å². The van der Waals surface area contributed by atoms with Gasteiger partial charge in [-0.1, -0.05) is 23.7 Å². The van der Waals surface area contributed by atoms with Gasteiger partial charge in [0.25, 0.3) is 0 Å². The van der Waals surface area contributed by atoms with E-state index in [4.69, 9.17) is 11.6 Å². The molecule has 6 nitrogen and oxygen atoms in total. The van der Waals surface area contributed by atoms with Crippen LogP contribution in [0, 0.1) is 6.92 Å². The molecule has 0 unspecified atom stereocenters. The average Bonchev–Trinajstić information content (AvgIpc) is 3.07. The van der Waals surface area contributed by atoms with Gasteiger partial charge in [-0.15, -0.1) is 24.0 Å². The maximum absolute atomic E-state index is 11.8. The number of rotatable bonds is 7. The van der Waals surface area contributed by atoms with Gasteiger partial charge in [0, 0.05) is 41.5 Å². The summed E-state index contributed by atoms with van der Waals surface area (Å²) in [5.41, 5.74) is 3.97. The highest BCUT2D eigenvalue weighted by atomic mass is 127. The van der Waals surface area contributed by atoms with E-state index in [2.05, 4.69) is 20.6 Å². The van der Waals surface area contributed by atoms with E-state index in [0.717, 1.165) is 52.5 Å². The summed E-state index contributed by atoms with van der Waals surface area (Å²) in [7, 11) is -3.21. The van der Waals surface area contributed by atoms with Crippen LogP contribution in [0.25, 0.3) is 10.9 Å². The topological polar surface area (TPSA) is 86.3 Å². The van der Waals surface area contributed by atoms with E-state index >= 15 is 0 Å². The van der Waals surface area contributed by atoms with Crippen molar-refractivity contribution in [2.45, 2.75) is 31.7 Å². The van der Waals surface area contributed by atoms with E-state index in [1.165, 1.54) is 11.8 Å². The molecule has 0 saturated heterocycles. The molecule has 0 bridgehead atoms. The van der Waals surface area contributed by atoms with Gasteiger partial charge in [-0.3, -0.25) is 0 Å². The third-order valence-electron chi connectivity index (χ3n) is 4.82. The summed E-state index contributed by atoms with van der Waals surface area (Å²) in [6.45, 7) is 5.76. The molecule has 0 aliphatic heterocycles. The fraction of sp³-hybridized carbons (Fsp3) is 0.318. The van der Waals surface area contributed by atoms with Gasteiger partial charge in [0.1, 0.15) is 0 Å². The summed E-state index contributed by atoms with van der Waals surface area (Å²) in [5.74, 6) is 0.722. The lowest BCUT2D eigenvalue weighted by molar-refractivity contribution is 0.601. The van der Waals surface area contributed by atoms with Gasteiger partial charge in [0.15, 0.2) is 15.8 Å². The normalized spacial score (nSPS) is 11.9. The monoisotopic (exact) mass is 574 g/mol. The van der Waals surface area contributed by atoms with Crippen LogP contribution in [0.1, 0.15) is 23.6 Å². The lowest BCUT2D eigenvalue weighted by Gasteiger charge is -2.12. The van der Waals surface area contributed by atoms with Crippen molar-refractivity contribution >= 4 is 62.3 Å². The minimum absolute atomic E-state index is 0. The van der Waals surface area contributed by atoms with Crippen LogP contribution < -0.4 is 10.6 Å². The van der Waals surface area contributed by atoms with E-state index in [9.17, 15) is 8.42 Å². The number of guanidine groups is 1. The van der Waals surface area contributed by atoms with Crippen LogP contribution in [0.3, 0.4) is 0 Å². The zero-order valence-electron chi connectivity index (χ0n) is 17.8. The van der Waals surface area contributed by atoms with Gasteiger partial charge in [0.05, 0.1) is 11.4 Å². The van der Waals surface area contributed by atoms with Crippen molar-refractivity contribution in [2.24, 2.45) is 4.99 Å². The second-order valence-electron chi connectivity index (χ2n) is 7.25. The number of aliphatic imine (C=N–C) groups is 1. The number of sulfone groups is 1. The van der Waals surface area contributed by atoms with Crippen LogP contribution in [0.4, 0.5) is 0 Å². The molecule has 2 aromatic carbocycles. The maximum Gasteiger partial charge on any atom is 0.191 e. The fourth-order valence-corrected chi connectivity index (χ4v) is 4.54. The third-order valence-corrected chi connectivity index (χ3v) is 6.31. The number of aryl methyl sites for hydroxylation is 1. The van der Waals surface area contributed by atoms with Gasteiger partial charge in [0.2, 0.25) is 0 Å². The first-order valence-electron chi connectivity index (χ1n) is 9.85. The Morgan fingerprint density at radius 2 is 1.94 bits per heavy atom. The third kappa shape index (κ3) is 6.85. The van der Waals surface area contributed by atoms with Crippen molar-refractivity contribution in [1.82, 2.24) is 15.6 Å². The lowest BCUT2D eigenvalue weighted by Crippen LogP contribution is -2.38. The Bertz CT molecular complexity index is 1180. The van der Waals surface area contributed by atoms with E-state index in [-0.39, 0.29) is 24.0 Å². The van der Waals surface area contributed by atoms with Crippen molar-refractivity contribution in [3.05, 3.63) is 64.3 Å². The molecule has 0 aliphatic carbocycles. The minimum Gasteiger partial charge on any atom is -0.361 e. The maximum atomic E-state index is 11.8. The van der Waals surface area contributed by atoms with Crippen LogP contribution >= 0.6 is 35.6 Å². The second kappa shape index (κ2) is 11.2. The Hall–Kier alpha value is -1.78. The number of aromatic amines is 1. The second-order valence-corrected chi connectivity index (χ2v) is 9.67. The molecular formula is C22H28ClIN4O2S. The largest absolute Gasteiger partial charge is 0.361 e. The summed E-state index contributed by atoms with van der Waals surface area (Å²) in [6.07, 6.45) is 4.06. The van der Waals surface area contributed by atoms with E-state index < -0.39 is 9.84 Å². The number of hydrogen-bond donors (Lipinski definition) is 3. The summed E-state index contributed by atoms with van der Waals surface area (Å²) in [5, 5.41) is 8.46. The van der Waals surface area contributed by atoms with Gasteiger partial charge in [-0.25, -0.2) is 13.4 Å². The molecule has 0 amide bonds.